The number of carbonyl (C=O) groups is 2. The van der Waals surface area contributed by atoms with Gasteiger partial charge in [-0.05, 0) is 54.8 Å². The second-order valence-corrected chi connectivity index (χ2v) is 8.20. The molecule has 0 fully saturated rings. The van der Waals surface area contributed by atoms with Gasteiger partial charge in [0.15, 0.2) is 0 Å². The first-order valence-corrected chi connectivity index (χ1v) is 10.5. The van der Waals surface area contributed by atoms with Crippen LogP contribution in [0.4, 0.5) is 5.69 Å². The number of imide groups is 1. The minimum absolute atomic E-state index is 0.190. The van der Waals surface area contributed by atoms with Gasteiger partial charge in [0.25, 0.3) is 11.8 Å². The number of halogens is 1. The zero-order valence-electron chi connectivity index (χ0n) is 17.7. The molecule has 0 unspecified atom stereocenters. The third-order valence-electron chi connectivity index (χ3n) is 5.53. The maximum Gasteiger partial charge on any atom is 0.278 e. The van der Waals surface area contributed by atoms with Gasteiger partial charge < -0.3 is 4.90 Å². The first-order chi connectivity index (χ1) is 14.9. The van der Waals surface area contributed by atoms with Crippen LogP contribution in [-0.4, -0.2) is 23.8 Å². The largest absolute Gasteiger partial charge is 0.339 e. The van der Waals surface area contributed by atoms with Crippen molar-refractivity contribution in [2.75, 3.05) is 11.9 Å². The van der Waals surface area contributed by atoms with Gasteiger partial charge in [-0.15, -0.1) is 0 Å². The molecule has 3 aromatic rings. The standard InChI is InChI=1S/C26H23ClN2O2/c1-17-9-14-22(18(2)15-17)23-24(28(3)21-7-5-4-6-8-21)26(31)29(25(23)30)16-19-10-12-20(27)13-11-19/h4-15H,16H2,1-3H3. The molecule has 0 saturated heterocycles. The minimum atomic E-state index is -0.304. The molecule has 4 nitrogen and oxygen atoms in total. The Morgan fingerprint density at radius 3 is 2.19 bits per heavy atom. The van der Waals surface area contributed by atoms with E-state index in [2.05, 4.69) is 0 Å². The predicted octanol–water partition coefficient (Wildman–Crippen LogP) is 5.37. The Hall–Kier alpha value is -3.37. The lowest BCUT2D eigenvalue weighted by molar-refractivity contribution is -0.137. The third kappa shape index (κ3) is 3.99. The fourth-order valence-electron chi connectivity index (χ4n) is 3.91. The van der Waals surface area contributed by atoms with Crippen molar-refractivity contribution >= 4 is 34.7 Å². The molecule has 4 rings (SSSR count). The molecule has 1 aliphatic rings. The smallest absolute Gasteiger partial charge is 0.278 e. The van der Waals surface area contributed by atoms with Crippen molar-refractivity contribution in [3.8, 4) is 0 Å². The van der Waals surface area contributed by atoms with Gasteiger partial charge in [0.05, 0.1) is 12.1 Å². The van der Waals surface area contributed by atoms with Crippen LogP contribution in [0.25, 0.3) is 5.57 Å². The number of hydrogen-bond acceptors (Lipinski definition) is 3. The topological polar surface area (TPSA) is 40.6 Å². The monoisotopic (exact) mass is 430 g/mol. The number of likely N-dealkylation sites (N-methyl/N-ethyl adjacent to an activating group) is 1. The van der Waals surface area contributed by atoms with Crippen molar-refractivity contribution in [1.82, 2.24) is 4.90 Å². The minimum Gasteiger partial charge on any atom is -0.339 e. The van der Waals surface area contributed by atoms with E-state index in [1.165, 1.54) is 4.90 Å². The van der Waals surface area contributed by atoms with Gasteiger partial charge in [0.1, 0.15) is 5.70 Å². The molecular weight excluding hydrogens is 408 g/mol. The molecule has 156 valence electrons. The zero-order chi connectivity index (χ0) is 22.1. The molecule has 0 spiro atoms. The van der Waals surface area contributed by atoms with Crippen LogP contribution in [0.5, 0.6) is 0 Å². The number of carbonyl (C=O) groups excluding carboxylic acids is 2. The van der Waals surface area contributed by atoms with E-state index in [1.807, 2.05) is 81.6 Å². The molecule has 31 heavy (non-hydrogen) atoms. The van der Waals surface area contributed by atoms with Crippen molar-refractivity contribution in [3.05, 3.63) is 106 Å². The molecule has 2 amide bonds. The Labute approximate surface area is 187 Å². The fourth-order valence-corrected chi connectivity index (χ4v) is 4.03. The number of nitrogens with zero attached hydrogens (tertiary/aromatic N) is 2. The summed E-state index contributed by atoms with van der Waals surface area (Å²) in [5, 5.41) is 0.612. The average molecular weight is 431 g/mol. The van der Waals surface area contributed by atoms with Crippen molar-refractivity contribution in [2.45, 2.75) is 20.4 Å². The quantitative estimate of drug-likeness (QED) is 0.511. The molecule has 1 heterocycles. The van der Waals surface area contributed by atoms with E-state index in [9.17, 15) is 9.59 Å². The third-order valence-corrected chi connectivity index (χ3v) is 5.78. The van der Waals surface area contributed by atoms with E-state index in [1.54, 1.807) is 17.0 Å². The van der Waals surface area contributed by atoms with Crippen LogP contribution in [0.15, 0.2) is 78.5 Å². The van der Waals surface area contributed by atoms with Crippen molar-refractivity contribution < 1.29 is 9.59 Å². The number of hydrogen-bond donors (Lipinski definition) is 0. The summed E-state index contributed by atoms with van der Waals surface area (Å²) in [6.45, 7) is 4.17. The van der Waals surface area contributed by atoms with Crippen LogP contribution >= 0.6 is 11.6 Å². The first kappa shape index (κ1) is 20.9. The first-order valence-electron chi connectivity index (χ1n) is 10.1. The van der Waals surface area contributed by atoms with Crippen molar-refractivity contribution in [3.63, 3.8) is 0 Å². The summed E-state index contributed by atoms with van der Waals surface area (Å²) in [7, 11) is 1.82. The highest BCUT2D eigenvalue weighted by Gasteiger charge is 2.41. The highest BCUT2D eigenvalue weighted by atomic mass is 35.5. The highest BCUT2D eigenvalue weighted by Crippen LogP contribution is 2.35. The number of benzene rings is 3. The summed E-state index contributed by atoms with van der Waals surface area (Å²) in [6, 6.07) is 22.7. The molecule has 3 aromatic carbocycles. The summed E-state index contributed by atoms with van der Waals surface area (Å²) in [6.07, 6.45) is 0. The van der Waals surface area contributed by atoms with E-state index in [0.717, 1.165) is 27.9 Å². The summed E-state index contributed by atoms with van der Waals surface area (Å²) in [5.74, 6) is -0.592. The average Bonchev–Trinajstić information content (AvgIpc) is 3.00. The zero-order valence-corrected chi connectivity index (χ0v) is 18.5. The Kier molecular flexibility index (Phi) is 5.66. The molecular formula is C26H23ClN2O2. The van der Waals surface area contributed by atoms with Crippen LogP contribution in [0, 0.1) is 13.8 Å². The second-order valence-electron chi connectivity index (χ2n) is 7.76. The van der Waals surface area contributed by atoms with Gasteiger partial charge in [-0.3, -0.25) is 14.5 Å². The van der Waals surface area contributed by atoms with E-state index in [-0.39, 0.29) is 18.4 Å². The van der Waals surface area contributed by atoms with E-state index in [0.29, 0.717) is 16.3 Å². The number of anilines is 1. The van der Waals surface area contributed by atoms with Gasteiger partial charge in [-0.25, -0.2) is 0 Å². The summed E-state index contributed by atoms with van der Waals surface area (Å²) < 4.78 is 0. The number of aryl methyl sites for hydroxylation is 2. The van der Waals surface area contributed by atoms with E-state index >= 15 is 0 Å². The summed E-state index contributed by atoms with van der Waals surface area (Å²) in [5.41, 5.74) is 5.35. The number of rotatable bonds is 5. The summed E-state index contributed by atoms with van der Waals surface area (Å²) in [4.78, 5) is 30.2. The van der Waals surface area contributed by atoms with E-state index in [4.69, 9.17) is 11.6 Å². The van der Waals surface area contributed by atoms with Crippen LogP contribution in [0.3, 0.4) is 0 Å². The normalized spacial score (nSPS) is 13.9. The molecule has 5 heteroatoms. The van der Waals surface area contributed by atoms with Crippen LogP contribution < -0.4 is 4.90 Å². The lowest BCUT2D eigenvalue weighted by atomic mass is 9.97. The van der Waals surface area contributed by atoms with Gasteiger partial charge in [-0.1, -0.05) is 65.7 Å². The van der Waals surface area contributed by atoms with Crippen LogP contribution in [-0.2, 0) is 16.1 Å². The van der Waals surface area contributed by atoms with Crippen LogP contribution in [0.1, 0.15) is 22.3 Å². The highest BCUT2D eigenvalue weighted by molar-refractivity contribution is 6.37. The van der Waals surface area contributed by atoms with Crippen LogP contribution in [0.2, 0.25) is 5.02 Å². The number of para-hydroxylation sites is 1. The molecule has 1 aliphatic heterocycles. The van der Waals surface area contributed by atoms with Crippen molar-refractivity contribution in [2.24, 2.45) is 0 Å². The molecule has 0 radical (unpaired) electrons. The Bertz CT molecular complexity index is 1180. The van der Waals surface area contributed by atoms with Gasteiger partial charge in [0, 0.05) is 17.8 Å². The molecule has 0 bridgehead atoms. The molecule has 0 saturated carbocycles. The molecule has 0 aliphatic carbocycles. The SMILES string of the molecule is Cc1ccc(C2=C(N(C)c3ccccc3)C(=O)N(Cc3ccc(Cl)cc3)C2=O)c(C)c1. The maximum absolute atomic E-state index is 13.6. The molecule has 0 atom stereocenters. The maximum atomic E-state index is 13.6. The number of amides is 2. The Morgan fingerprint density at radius 2 is 1.55 bits per heavy atom. The fraction of sp³-hybridized carbons (Fsp3) is 0.154. The Balaban J connectivity index is 1.82. The molecule has 0 N–H and O–H groups in total. The Morgan fingerprint density at radius 1 is 0.871 bits per heavy atom. The predicted molar refractivity (Wildman–Crippen MR) is 125 cm³/mol. The molecule has 0 aromatic heterocycles. The summed E-state index contributed by atoms with van der Waals surface area (Å²) >= 11 is 5.99. The van der Waals surface area contributed by atoms with E-state index < -0.39 is 0 Å². The van der Waals surface area contributed by atoms with Gasteiger partial charge in [0.2, 0.25) is 0 Å². The lowest BCUT2D eigenvalue weighted by Crippen LogP contribution is -2.33. The van der Waals surface area contributed by atoms with Crippen molar-refractivity contribution in [1.29, 1.82) is 0 Å². The lowest BCUT2D eigenvalue weighted by Gasteiger charge is -2.21. The van der Waals surface area contributed by atoms with Gasteiger partial charge in [-0.2, -0.15) is 0 Å². The van der Waals surface area contributed by atoms with Gasteiger partial charge >= 0.3 is 0 Å². The second kappa shape index (κ2) is 8.40.